The number of aliphatic carboxylic acids is 2. The summed E-state index contributed by atoms with van der Waals surface area (Å²) in [5.74, 6) is -1.56. The summed E-state index contributed by atoms with van der Waals surface area (Å²) in [5, 5.41) is 15.7. The first-order valence-corrected chi connectivity index (χ1v) is 3.47. The Morgan fingerprint density at radius 3 is 1.75 bits per heavy atom. The number of carbonyl (C=O) groups is 2. The minimum Gasteiger partial charge on any atom is -0.481 e. The van der Waals surface area contributed by atoms with Crippen LogP contribution in [0.1, 0.15) is 19.8 Å². The van der Waals surface area contributed by atoms with Crippen molar-refractivity contribution in [2.24, 2.45) is 0 Å². The van der Waals surface area contributed by atoms with E-state index in [1.807, 2.05) is 0 Å². The second-order valence-electron chi connectivity index (χ2n) is 1.88. The van der Waals surface area contributed by atoms with E-state index in [1.54, 1.807) is 6.92 Å². The smallest absolute Gasteiger partial charge is 0.305 e. The Labute approximate surface area is 71.0 Å². The Morgan fingerprint density at radius 2 is 1.67 bits per heavy atom. The van der Waals surface area contributed by atoms with E-state index in [-0.39, 0.29) is 12.8 Å². The van der Waals surface area contributed by atoms with Crippen molar-refractivity contribution >= 4 is 11.9 Å². The van der Waals surface area contributed by atoms with Crippen LogP contribution in [0.25, 0.3) is 0 Å². The maximum Gasteiger partial charge on any atom is 0.305 e. The van der Waals surface area contributed by atoms with Crippen LogP contribution < -0.4 is 0 Å². The van der Waals surface area contributed by atoms with E-state index >= 15 is 0 Å². The summed E-state index contributed by atoms with van der Waals surface area (Å²) in [4.78, 5) is 19.0. The zero-order valence-electron chi connectivity index (χ0n) is 7.24. The Bertz CT molecular complexity index is 132. The van der Waals surface area contributed by atoms with Gasteiger partial charge in [-0.05, 0) is 0 Å². The molecule has 0 amide bonds. The van der Waals surface area contributed by atoms with E-state index in [1.165, 1.54) is 7.11 Å². The number of hydrogen-bond donors (Lipinski definition) is 2. The standard InChI is InChI=1S/C4H8O3.C3H6O2/c1-7-3-2-4(5)6;1-2-3(4)5/h2-3H2,1H3,(H,5,6);2H2,1H3,(H,4,5). The SMILES string of the molecule is CCC(=O)O.COCCC(=O)O. The van der Waals surface area contributed by atoms with Crippen LogP contribution in [0.4, 0.5) is 0 Å². The van der Waals surface area contributed by atoms with Crippen LogP contribution in [-0.2, 0) is 14.3 Å². The topological polar surface area (TPSA) is 83.8 Å². The third-order valence-corrected chi connectivity index (χ3v) is 0.823. The second-order valence-corrected chi connectivity index (χ2v) is 1.88. The molecule has 5 heteroatoms. The highest BCUT2D eigenvalue weighted by molar-refractivity contribution is 5.66. The van der Waals surface area contributed by atoms with Gasteiger partial charge in [0.25, 0.3) is 0 Å². The van der Waals surface area contributed by atoms with E-state index < -0.39 is 11.9 Å². The van der Waals surface area contributed by atoms with Crippen molar-refractivity contribution in [3.63, 3.8) is 0 Å². The van der Waals surface area contributed by atoms with Crippen molar-refractivity contribution in [1.82, 2.24) is 0 Å². The summed E-state index contributed by atoms with van der Waals surface area (Å²) in [7, 11) is 1.48. The van der Waals surface area contributed by atoms with Gasteiger partial charge in [0.2, 0.25) is 0 Å². The van der Waals surface area contributed by atoms with Crippen LogP contribution in [-0.4, -0.2) is 35.9 Å². The molecule has 0 rings (SSSR count). The van der Waals surface area contributed by atoms with Gasteiger partial charge in [-0.3, -0.25) is 9.59 Å². The molecule has 0 spiro atoms. The van der Waals surface area contributed by atoms with Gasteiger partial charge in [0.05, 0.1) is 13.0 Å². The van der Waals surface area contributed by atoms with Crippen LogP contribution in [0.2, 0.25) is 0 Å². The van der Waals surface area contributed by atoms with Crippen molar-refractivity contribution < 1.29 is 24.5 Å². The van der Waals surface area contributed by atoms with E-state index in [0.717, 1.165) is 0 Å². The van der Waals surface area contributed by atoms with E-state index in [4.69, 9.17) is 10.2 Å². The number of methoxy groups -OCH3 is 1. The normalized spacial score (nSPS) is 8.17. The van der Waals surface area contributed by atoms with Crippen molar-refractivity contribution in [2.45, 2.75) is 19.8 Å². The Morgan fingerprint density at radius 1 is 1.25 bits per heavy atom. The van der Waals surface area contributed by atoms with E-state index in [2.05, 4.69) is 4.74 Å². The maximum atomic E-state index is 9.68. The molecule has 5 nitrogen and oxygen atoms in total. The molecule has 0 unspecified atom stereocenters. The Balaban J connectivity index is 0. The maximum absolute atomic E-state index is 9.68. The van der Waals surface area contributed by atoms with Gasteiger partial charge in [0, 0.05) is 13.5 Å². The summed E-state index contributed by atoms with van der Waals surface area (Å²) < 4.78 is 4.47. The summed E-state index contributed by atoms with van der Waals surface area (Å²) in [6.45, 7) is 1.90. The second kappa shape index (κ2) is 9.90. The number of rotatable bonds is 4. The molecule has 0 fully saturated rings. The fourth-order valence-corrected chi connectivity index (χ4v) is 0.189. The minimum atomic E-state index is -0.818. The number of ether oxygens (including phenoxy) is 1. The predicted octanol–water partition coefficient (Wildman–Crippen LogP) is 0.589. The molecule has 0 aromatic carbocycles. The molecule has 0 aliphatic heterocycles. The van der Waals surface area contributed by atoms with E-state index in [9.17, 15) is 9.59 Å². The summed E-state index contributed by atoms with van der Waals surface area (Å²) in [5.41, 5.74) is 0. The molecular formula is C7H14O5. The van der Waals surface area contributed by atoms with Crippen LogP contribution in [0.15, 0.2) is 0 Å². The number of hydrogen-bond acceptors (Lipinski definition) is 3. The zero-order valence-corrected chi connectivity index (χ0v) is 7.24. The number of carboxylic acid groups (broad SMARTS) is 2. The highest BCUT2D eigenvalue weighted by Crippen LogP contribution is 1.76. The fraction of sp³-hybridized carbons (Fsp3) is 0.714. The van der Waals surface area contributed by atoms with E-state index in [0.29, 0.717) is 6.61 Å². The monoisotopic (exact) mass is 178 g/mol. The average molecular weight is 178 g/mol. The van der Waals surface area contributed by atoms with Gasteiger partial charge in [-0.2, -0.15) is 0 Å². The Kier molecular flexibility index (Phi) is 11.1. The lowest BCUT2D eigenvalue weighted by atomic mass is 10.5. The van der Waals surface area contributed by atoms with Gasteiger partial charge in [0.15, 0.2) is 0 Å². The van der Waals surface area contributed by atoms with Crippen molar-refractivity contribution in [2.75, 3.05) is 13.7 Å². The molecular weight excluding hydrogens is 164 g/mol. The molecule has 0 saturated heterocycles. The van der Waals surface area contributed by atoms with Crippen molar-refractivity contribution in [3.05, 3.63) is 0 Å². The molecule has 0 heterocycles. The average Bonchev–Trinajstić information content (AvgIpc) is 2.02. The van der Waals surface area contributed by atoms with Crippen molar-refractivity contribution in [3.8, 4) is 0 Å². The third kappa shape index (κ3) is 23.1. The van der Waals surface area contributed by atoms with Crippen molar-refractivity contribution in [1.29, 1.82) is 0 Å². The highest BCUT2D eigenvalue weighted by Gasteiger charge is 1.91. The van der Waals surface area contributed by atoms with Gasteiger partial charge < -0.3 is 14.9 Å². The zero-order chi connectivity index (χ0) is 9.98. The molecule has 0 aromatic rings. The third-order valence-electron chi connectivity index (χ3n) is 0.823. The minimum absolute atomic E-state index is 0.0938. The molecule has 0 saturated carbocycles. The van der Waals surface area contributed by atoms with Gasteiger partial charge in [-0.25, -0.2) is 0 Å². The summed E-state index contributed by atoms with van der Waals surface area (Å²) in [6, 6.07) is 0. The van der Waals surface area contributed by atoms with Crippen LogP contribution >= 0.6 is 0 Å². The van der Waals surface area contributed by atoms with Gasteiger partial charge in [-0.15, -0.1) is 0 Å². The van der Waals surface area contributed by atoms with Gasteiger partial charge in [0.1, 0.15) is 0 Å². The molecule has 0 radical (unpaired) electrons. The first kappa shape index (κ1) is 13.5. The number of carboxylic acids is 2. The lowest BCUT2D eigenvalue weighted by molar-refractivity contribution is -0.138. The molecule has 0 aromatic heterocycles. The molecule has 0 aliphatic rings. The van der Waals surface area contributed by atoms with Gasteiger partial charge >= 0.3 is 11.9 Å². The lowest BCUT2D eigenvalue weighted by Gasteiger charge is -1.88. The molecule has 2 N–H and O–H groups in total. The molecule has 12 heavy (non-hydrogen) atoms. The molecule has 0 aliphatic carbocycles. The lowest BCUT2D eigenvalue weighted by Crippen LogP contribution is -1.99. The van der Waals surface area contributed by atoms with Gasteiger partial charge in [-0.1, -0.05) is 6.92 Å². The fourth-order valence-electron chi connectivity index (χ4n) is 0.189. The van der Waals surface area contributed by atoms with Crippen LogP contribution in [0, 0.1) is 0 Å². The van der Waals surface area contributed by atoms with Crippen LogP contribution in [0.5, 0.6) is 0 Å². The molecule has 0 bridgehead atoms. The summed E-state index contributed by atoms with van der Waals surface area (Å²) >= 11 is 0. The molecule has 72 valence electrons. The molecule has 0 atom stereocenters. The Hall–Kier alpha value is -1.10. The largest absolute Gasteiger partial charge is 0.481 e. The quantitative estimate of drug-likeness (QED) is 0.658. The van der Waals surface area contributed by atoms with Crippen LogP contribution in [0.3, 0.4) is 0 Å². The summed E-state index contributed by atoms with van der Waals surface area (Å²) in [6.07, 6.45) is 0.316. The first-order chi connectivity index (χ1) is 5.54. The predicted molar refractivity (Wildman–Crippen MR) is 42.1 cm³/mol. The highest BCUT2D eigenvalue weighted by atomic mass is 16.5. The first-order valence-electron chi connectivity index (χ1n) is 3.47.